The van der Waals surface area contributed by atoms with Crippen molar-refractivity contribution in [1.29, 1.82) is 0 Å². The molecule has 4 aromatic rings. The zero-order chi connectivity index (χ0) is 61.8. The second kappa shape index (κ2) is 33.7. The van der Waals surface area contributed by atoms with E-state index in [2.05, 4.69) is 67.8 Å². The number of phenolic OH excluding ortho intramolecular Hbond substituents is 2. The number of hydrogen-bond acceptors (Lipinski definition) is 15. The summed E-state index contributed by atoms with van der Waals surface area (Å²) in [5.74, 6) is -7.25. The SMILES string of the molecule is NC(=O)[C@H](Cc1ccc(O)cc1)NC(=O)[C@H](CCCN=C(N)N)NC(=O)[C@H](Cc1c[nH]c2ccccc12)NC(=O)[C@@H]1CCCN=C(N)NC(=O)NCCCNC(=O)CCC(=O)N[C@@H](CCCN=C(N)N)C(=O)N[C@@H](Cc2ccc(O)cc2)C(=O)N1. The monoisotopic (exact) mass is 1180 g/mol. The number of nitrogens with one attached hydrogen (secondary N) is 10. The molecule has 1 aromatic heterocycles. The van der Waals surface area contributed by atoms with Crippen LogP contribution in [-0.2, 0) is 57.6 Å². The number of para-hydroxylation sites is 1. The van der Waals surface area contributed by atoms with Crippen molar-refractivity contribution >= 4 is 82.1 Å². The average Bonchev–Trinajstić information content (AvgIpc) is 3.65. The van der Waals surface area contributed by atoms with Gasteiger partial charge >= 0.3 is 6.03 Å². The minimum absolute atomic E-state index is 0.0173. The maximum absolute atomic E-state index is 15.0. The molecule has 30 heteroatoms. The summed E-state index contributed by atoms with van der Waals surface area (Å²) >= 11 is 0. The van der Waals surface area contributed by atoms with Crippen LogP contribution in [0, 0.1) is 0 Å². The topological polar surface area (TPSA) is 511 Å². The van der Waals surface area contributed by atoms with Gasteiger partial charge in [-0.05, 0) is 92.0 Å². The van der Waals surface area contributed by atoms with Gasteiger partial charge in [0.25, 0.3) is 0 Å². The highest BCUT2D eigenvalue weighted by molar-refractivity contribution is 5.98. The number of nitrogens with zero attached hydrogens (tertiary/aromatic N) is 3. The second-order valence-corrected chi connectivity index (χ2v) is 20.0. The Bertz CT molecular complexity index is 3030. The lowest BCUT2D eigenvalue weighted by molar-refractivity contribution is -0.135. The Hall–Kier alpha value is -10.2. The number of guanidine groups is 3. The van der Waals surface area contributed by atoms with Crippen LogP contribution in [0.25, 0.3) is 10.9 Å². The fourth-order valence-corrected chi connectivity index (χ4v) is 8.87. The average molecular weight is 1180 g/mol. The molecule has 0 fully saturated rings. The first-order valence-electron chi connectivity index (χ1n) is 27.6. The number of aliphatic imine (C=N–C) groups is 3. The molecule has 0 saturated heterocycles. The van der Waals surface area contributed by atoms with Gasteiger partial charge in [0.15, 0.2) is 17.9 Å². The van der Waals surface area contributed by atoms with Crippen molar-refractivity contribution in [3.8, 4) is 11.5 Å². The number of fused-ring (bicyclic) bond motifs is 1. The number of phenols is 2. The first kappa shape index (κ1) is 65.6. The van der Waals surface area contributed by atoms with Gasteiger partial charge in [-0.1, -0.05) is 42.5 Å². The standard InChI is InChI=1S/C55H77N19O11/c56-46(79)41(27-31-12-16-34(75)17-13-31)71-48(81)39(10-4-23-64-53(59)60)70-51(84)43(29-33-30-67-37-8-2-1-7-36(33)37)73-49(82)40-11-5-24-65-54(61)74-55(85)66-26-6-25-62-44(77)20-21-45(78)68-38(9-3-22-63-52(57)58)47(80)72-42(50(83)69-40)28-32-14-18-35(76)19-15-32/h1-2,7-8,12-19,30,38-43,67,75-76H,3-6,9-11,20-29H2,(H2,56,79)(H,62,77)(H,68,78)(H,69,83)(H,70,84)(H,71,81)(H,72,80)(H,73,82)(H4,57,58,63)(H4,59,60,64)(H4,61,65,66,74,85)/t38-,39-,40-,41-,42-,43-/m0/s1. The van der Waals surface area contributed by atoms with Crippen molar-refractivity contribution in [2.24, 2.45) is 49.4 Å². The predicted octanol–water partition coefficient (Wildman–Crippen LogP) is -3.20. The number of urea groups is 1. The van der Waals surface area contributed by atoms with Crippen LogP contribution in [0.3, 0.4) is 0 Å². The summed E-state index contributed by atoms with van der Waals surface area (Å²) in [6, 6.07) is 9.62. The van der Waals surface area contributed by atoms with E-state index in [4.69, 9.17) is 34.4 Å². The molecule has 85 heavy (non-hydrogen) atoms. The minimum Gasteiger partial charge on any atom is -0.508 e. The highest BCUT2D eigenvalue weighted by Gasteiger charge is 2.34. The molecule has 24 N–H and O–H groups in total. The largest absolute Gasteiger partial charge is 0.508 e. The molecule has 30 nitrogen and oxygen atoms in total. The Balaban J connectivity index is 1.52. The van der Waals surface area contributed by atoms with E-state index < -0.39 is 89.5 Å². The number of carbonyl (C=O) groups is 9. The van der Waals surface area contributed by atoms with Gasteiger partial charge in [0.1, 0.15) is 47.8 Å². The number of primary amides is 1. The van der Waals surface area contributed by atoms with Crippen LogP contribution in [0.2, 0.25) is 0 Å². The lowest BCUT2D eigenvalue weighted by Gasteiger charge is -2.28. The van der Waals surface area contributed by atoms with E-state index in [1.54, 1.807) is 42.6 Å². The van der Waals surface area contributed by atoms with Gasteiger partial charge < -0.3 is 92.1 Å². The first-order chi connectivity index (χ1) is 40.6. The molecule has 6 atom stereocenters. The molecule has 5 rings (SSSR count). The minimum atomic E-state index is -1.51. The summed E-state index contributed by atoms with van der Waals surface area (Å²) in [6.07, 6.45) is 0.896. The molecular weight excluding hydrogens is 1100 g/mol. The van der Waals surface area contributed by atoms with Gasteiger partial charge in [0.2, 0.25) is 47.3 Å². The molecule has 3 aromatic carbocycles. The van der Waals surface area contributed by atoms with Gasteiger partial charge in [0.05, 0.1) is 0 Å². The Morgan fingerprint density at radius 1 is 0.659 bits per heavy atom. The van der Waals surface area contributed by atoms with E-state index in [0.717, 1.165) is 0 Å². The zero-order valence-electron chi connectivity index (χ0n) is 46.9. The van der Waals surface area contributed by atoms with E-state index in [0.29, 0.717) is 34.0 Å². The Morgan fingerprint density at radius 2 is 1.27 bits per heavy atom. The van der Waals surface area contributed by atoms with E-state index in [-0.39, 0.29) is 133 Å². The number of amides is 10. The number of H-pyrrole nitrogens is 1. The molecule has 2 heterocycles. The summed E-state index contributed by atoms with van der Waals surface area (Å²) in [7, 11) is 0. The quantitative estimate of drug-likeness (QED) is 0.0222. The van der Waals surface area contributed by atoms with Crippen LogP contribution >= 0.6 is 0 Å². The molecule has 1 aliphatic rings. The number of nitrogens with two attached hydrogens (primary N) is 6. The Labute approximate surface area is 489 Å². The van der Waals surface area contributed by atoms with Crippen molar-refractivity contribution in [2.75, 3.05) is 32.7 Å². The van der Waals surface area contributed by atoms with Gasteiger partial charge in [-0.3, -0.25) is 58.7 Å². The maximum atomic E-state index is 15.0. The van der Waals surface area contributed by atoms with Gasteiger partial charge in [-0.15, -0.1) is 0 Å². The van der Waals surface area contributed by atoms with Crippen LogP contribution in [0.15, 0.2) is 94.0 Å². The lowest BCUT2D eigenvalue weighted by Crippen LogP contribution is -2.60. The van der Waals surface area contributed by atoms with Crippen LogP contribution in [0.5, 0.6) is 11.5 Å². The third-order valence-corrected chi connectivity index (χ3v) is 13.3. The first-order valence-corrected chi connectivity index (χ1v) is 27.6. The van der Waals surface area contributed by atoms with Crippen LogP contribution < -0.4 is 82.3 Å². The fourth-order valence-electron chi connectivity index (χ4n) is 8.87. The van der Waals surface area contributed by atoms with E-state index >= 15 is 4.79 Å². The normalized spacial score (nSPS) is 18.0. The zero-order valence-corrected chi connectivity index (χ0v) is 46.9. The van der Waals surface area contributed by atoms with E-state index in [1.807, 2.05) is 0 Å². The lowest BCUT2D eigenvalue weighted by atomic mass is 10.0. The van der Waals surface area contributed by atoms with E-state index in [9.17, 15) is 48.6 Å². The number of carbonyl (C=O) groups excluding carboxylic acids is 9. The number of aromatic hydroxyl groups is 2. The maximum Gasteiger partial charge on any atom is 0.321 e. The Morgan fingerprint density at radius 3 is 1.95 bits per heavy atom. The molecule has 0 radical (unpaired) electrons. The Kier molecular flexibility index (Phi) is 26.0. The number of benzene rings is 3. The second-order valence-electron chi connectivity index (χ2n) is 20.0. The highest BCUT2D eigenvalue weighted by Crippen LogP contribution is 2.20. The van der Waals surface area contributed by atoms with Crippen molar-refractivity contribution in [3.63, 3.8) is 0 Å². The third kappa shape index (κ3) is 23.3. The van der Waals surface area contributed by atoms with Crippen LogP contribution in [0.1, 0.15) is 74.5 Å². The number of rotatable bonds is 21. The summed E-state index contributed by atoms with van der Waals surface area (Å²) in [5.41, 5.74) is 36.2. The van der Waals surface area contributed by atoms with Crippen LogP contribution in [-0.4, -0.2) is 155 Å². The molecular formula is C55H77N19O11. The van der Waals surface area contributed by atoms with Crippen molar-refractivity contribution in [3.05, 3.63) is 95.7 Å². The predicted molar refractivity (Wildman–Crippen MR) is 315 cm³/mol. The fraction of sp³-hybridized carbons (Fsp3) is 0.418. The summed E-state index contributed by atoms with van der Waals surface area (Å²) in [5, 5.41) is 44.4. The van der Waals surface area contributed by atoms with Crippen LogP contribution in [0.4, 0.5) is 4.79 Å². The summed E-state index contributed by atoms with van der Waals surface area (Å²) < 4.78 is 0. The molecule has 10 amide bonds. The molecule has 0 unspecified atom stereocenters. The molecule has 1 aliphatic heterocycles. The molecule has 458 valence electrons. The molecule has 0 spiro atoms. The molecule has 0 bridgehead atoms. The van der Waals surface area contributed by atoms with Crippen molar-refractivity contribution < 1.29 is 53.4 Å². The van der Waals surface area contributed by atoms with Gasteiger partial charge in [0, 0.05) is 81.9 Å². The van der Waals surface area contributed by atoms with Crippen molar-refractivity contribution in [2.45, 2.75) is 113 Å². The van der Waals surface area contributed by atoms with Crippen molar-refractivity contribution in [1.82, 2.24) is 52.8 Å². The van der Waals surface area contributed by atoms with Gasteiger partial charge in [-0.2, -0.15) is 0 Å². The number of aromatic nitrogens is 1. The smallest absolute Gasteiger partial charge is 0.321 e. The summed E-state index contributed by atoms with van der Waals surface area (Å²) in [4.78, 5) is 140. The van der Waals surface area contributed by atoms with E-state index in [1.165, 1.54) is 36.4 Å². The third-order valence-electron chi connectivity index (χ3n) is 13.3. The number of hydrogen-bond donors (Lipinski definition) is 18. The molecule has 0 saturated carbocycles. The number of aromatic amines is 1. The van der Waals surface area contributed by atoms with Gasteiger partial charge in [-0.25, -0.2) is 4.79 Å². The highest BCUT2D eigenvalue weighted by atomic mass is 16.3. The molecule has 0 aliphatic carbocycles. The summed E-state index contributed by atoms with van der Waals surface area (Å²) in [6.45, 7) is 0.256.